The number of primary amides is 1. The van der Waals surface area contributed by atoms with Crippen LogP contribution >= 0.6 is 0 Å². The number of rotatable bonds is 6. The van der Waals surface area contributed by atoms with E-state index < -0.39 is 23.9 Å². The molecule has 112 valence electrons. The lowest BCUT2D eigenvalue weighted by atomic mass is 10.1. The van der Waals surface area contributed by atoms with E-state index in [-0.39, 0.29) is 12.5 Å². The normalized spacial score (nSPS) is 15.0. The topological polar surface area (TPSA) is 122 Å². The molecule has 0 saturated heterocycles. The van der Waals surface area contributed by atoms with Crippen LogP contribution < -0.4 is 16.4 Å². The first-order valence-corrected chi connectivity index (χ1v) is 6.63. The van der Waals surface area contributed by atoms with Crippen molar-refractivity contribution in [3.8, 4) is 0 Å². The smallest absolute Gasteiger partial charge is 0.326 e. The van der Waals surface area contributed by atoms with E-state index in [2.05, 4.69) is 10.6 Å². The van der Waals surface area contributed by atoms with Crippen LogP contribution in [-0.4, -0.2) is 29.1 Å². The summed E-state index contributed by atoms with van der Waals surface area (Å²) >= 11 is 0. The molecule has 2 rings (SSSR count). The summed E-state index contributed by atoms with van der Waals surface area (Å²) in [6, 6.07) is 5.08. The second-order valence-electron chi connectivity index (χ2n) is 5.04. The molecule has 0 radical (unpaired) electrons. The number of hydrogen-bond donors (Lipinski definition) is 4. The molecule has 1 aliphatic carbocycles. The minimum atomic E-state index is -1.01. The molecule has 21 heavy (non-hydrogen) atoms. The van der Waals surface area contributed by atoms with Gasteiger partial charge in [0.15, 0.2) is 0 Å². The van der Waals surface area contributed by atoms with Crippen molar-refractivity contribution >= 4 is 17.9 Å². The lowest BCUT2D eigenvalue weighted by molar-refractivity contribution is -0.139. The summed E-state index contributed by atoms with van der Waals surface area (Å²) in [6.07, 6.45) is 1.66. The monoisotopic (exact) mass is 291 g/mol. The Hall–Kier alpha value is -2.57. The van der Waals surface area contributed by atoms with Crippen LogP contribution in [0.25, 0.3) is 0 Å². The number of hydrogen-bond acceptors (Lipinski definition) is 3. The number of aliphatic carboxylic acids is 1. The Kier molecular flexibility index (Phi) is 4.42. The first-order chi connectivity index (χ1) is 9.97. The van der Waals surface area contributed by atoms with Crippen LogP contribution in [0.4, 0.5) is 4.79 Å². The summed E-state index contributed by atoms with van der Waals surface area (Å²) in [5, 5.41) is 14.1. The molecule has 0 spiro atoms. The summed E-state index contributed by atoms with van der Waals surface area (Å²) in [6.45, 7) is 0.275. The molecule has 0 aromatic heterocycles. The SMILES string of the molecule is NC(=O)NCc1ccc(C(=O)NC(C(=O)O)C2CC2)cc1. The highest BCUT2D eigenvalue weighted by Gasteiger charge is 2.37. The lowest BCUT2D eigenvalue weighted by Gasteiger charge is -2.13. The minimum absolute atomic E-state index is 0.0329. The highest BCUT2D eigenvalue weighted by molar-refractivity contribution is 5.96. The van der Waals surface area contributed by atoms with Gasteiger partial charge in [0.05, 0.1) is 0 Å². The van der Waals surface area contributed by atoms with Crippen molar-refractivity contribution in [1.29, 1.82) is 0 Å². The Morgan fingerprint density at radius 3 is 2.33 bits per heavy atom. The number of nitrogens with two attached hydrogens (primary N) is 1. The Bertz CT molecular complexity index is 552. The number of carbonyl (C=O) groups excluding carboxylic acids is 2. The molecule has 0 heterocycles. The van der Waals surface area contributed by atoms with Crippen LogP contribution in [0.1, 0.15) is 28.8 Å². The van der Waals surface area contributed by atoms with Gasteiger partial charge in [0, 0.05) is 12.1 Å². The second-order valence-corrected chi connectivity index (χ2v) is 5.04. The van der Waals surface area contributed by atoms with Crippen molar-refractivity contribution < 1.29 is 19.5 Å². The van der Waals surface area contributed by atoms with Gasteiger partial charge in [-0.2, -0.15) is 0 Å². The van der Waals surface area contributed by atoms with E-state index in [1.165, 1.54) is 0 Å². The van der Waals surface area contributed by atoms with Gasteiger partial charge in [-0.05, 0) is 36.5 Å². The van der Waals surface area contributed by atoms with Crippen LogP contribution in [0.3, 0.4) is 0 Å². The number of nitrogens with one attached hydrogen (secondary N) is 2. The molecular formula is C14H17N3O4. The quantitative estimate of drug-likeness (QED) is 0.607. The zero-order valence-electron chi connectivity index (χ0n) is 11.3. The zero-order chi connectivity index (χ0) is 15.4. The Morgan fingerprint density at radius 1 is 1.24 bits per heavy atom. The third kappa shape index (κ3) is 4.20. The zero-order valence-corrected chi connectivity index (χ0v) is 11.3. The summed E-state index contributed by atoms with van der Waals surface area (Å²) in [5.74, 6) is -1.39. The fraction of sp³-hybridized carbons (Fsp3) is 0.357. The third-order valence-corrected chi connectivity index (χ3v) is 3.33. The van der Waals surface area contributed by atoms with E-state index in [1.807, 2.05) is 0 Å². The van der Waals surface area contributed by atoms with Gasteiger partial charge in [-0.1, -0.05) is 12.1 Å². The maximum Gasteiger partial charge on any atom is 0.326 e. The number of carboxylic acids is 1. The van der Waals surface area contributed by atoms with E-state index in [0.29, 0.717) is 5.56 Å². The summed E-state index contributed by atoms with van der Waals surface area (Å²) in [4.78, 5) is 33.7. The molecule has 0 bridgehead atoms. The van der Waals surface area contributed by atoms with Crippen molar-refractivity contribution in [2.45, 2.75) is 25.4 Å². The molecule has 1 aromatic rings. The van der Waals surface area contributed by atoms with Crippen molar-refractivity contribution in [3.05, 3.63) is 35.4 Å². The molecular weight excluding hydrogens is 274 g/mol. The predicted octanol–water partition coefficient (Wildman–Crippen LogP) is 0.448. The maximum absolute atomic E-state index is 12.0. The van der Waals surface area contributed by atoms with Crippen LogP contribution in [0.5, 0.6) is 0 Å². The first-order valence-electron chi connectivity index (χ1n) is 6.63. The highest BCUT2D eigenvalue weighted by atomic mass is 16.4. The molecule has 1 unspecified atom stereocenters. The predicted molar refractivity (Wildman–Crippen MR) is 74.5 cm³/mol. The Labute approximate surface area is 121 Å². The largest absolute Gasteiger partial charge is 0.480 e. The van der Waals surface area contributed by atoms with Gasteiger partial charge in [0.1, 0.15) is 6.04 Å². The van der Waals surface area contributed by atoms with E-state index >= 15 is 0 Å². The molecule has 1 fully saturated rings. The third-order valence-electron chi connectivity index (χ3n) is 3.33. The molecule has 1 aliphatic rings. The summed E-state index contributed by atoms with van der Waals surface area (Å²) < 4.78 is 0. The van der Waals surface area contributed by atoms with Gasteiger partial charge in [0.25, 0.3) is 5.91 Å². The van der Waals surface area contributed by atoms with Crippen LogP contribution in [0, 0.1) is 5.92 Å². The van der Waals surface area contributed by atoms with Gasteiger partial charge in [-0.25, -0.2) is 9.59 Å². The molecule has 7 nitrogen and oxygen atoms in total. The molecule has 1 saturated carbocycles. The average molecular weight is 291 g/mol. The van der Waals surface area contributed by atoms with E-state index in [1.54, 1.807) is 24.3 Å². The summed E-state index contributed by atoms with van der Waals surface area (Å²) in [7, 11) is 0. The molecule has 5 N–H and O–H groups in total. The number of amides is 3. The molecule has 1 aromatic carbocycles. The number of carbonyl (C=O) groups is 3. The van der Waals surface area contributed by atoms with Crippen molar-refractivity contribution in [2.24, 2.45) is 11.7 Å². The minimum Gasteiger partial charge on any atom is -0.480 e. The maximum atomic E-state index is 12.0. The molecule has 1 atom stereocenters. The van der Waals surface area contributed by atoms with Crippen LogP contribution in [-0.2, 0) is 11.3 Å². The van der Waals surface area contributed by atoms with E-state index in [0.717, 1.165) is 18.4 Å². The standard InChI is InChI=1S/C14H17N3O4/c15-14(21)16-7-8-1-3-10(4-2-8)12(18)17-11(13(19)20)9-5-6-9/h1-4,9,11H,5-7H2,(H,17,18)(H,19,20)(H3,15,16,21). The molecule has 7 heteroatoms. The van der Waals surface area contributed by atoms with Gasteiger partial charge in [-0.15, -0.1) is 0 Å². The molecule has 3 amide bonds. The van der Waals surface area contributed by atoms with E-state index in [4.69, 9.17) is 10.8 Å². The lowest BCUT2D eigenvalue weighted by Crippen LogP contribution is -2.42. The van der Waals surface area contributed by atoms with Gasteiger partial charge >= 0.3 is 12.0 Å². The molecule has 0 aliphatic heterocycles. The van der Waals surface area contributed by atoms with Crippen molar-refractivity contribution in [1.82, 2.24) is 10.6 Å². The Morgan fingerprint density at radius 2 is 1.86 bits per heavy atom. The Balaban J connectivity index is 1.95. The number of carboxylic acid groups (broad SMARTS) is 1. The van der Waals surface area contributed by atoms with E-state index in [9.17, 15) is 14.4 Å². The van der Waals surface area contributed by atoms with Crippen LogP contribution in [0.2, 0.25) is 0 Å². The van der Waals surface area contributed by atoms with Gasteiger partial charge < -0.3 is 21.5 Å². The van der Waals surface area contributed by atoms with Crippen molar-refractivity contribution in [2.75, 3.05) is 0 Å². The van der Waals surface area contributed by atoms with Gasteiger partial charge in [-0.3, -0.25) is 4.79 Å². The fourth-order valence-electron chi connectivity index (χ4n) is 2.00. The number of benzene rings is 1. The van der Waals surface area contributed by atoms with Crippen molar-refractivity contribution in [3.63, 3.8) is 0 Å². The van der Waals surface area contributed by atoms with Crippen LogP contribution in [0.15, 0.2) is 24.3 Å². The summed E-state index contributed by atoms with van der Waals surface area (Å²) in [5.41, 5.74) is 6.14. The average Bonchev–Trinajstić information content (AvgIpc) is 3.27. The fourth-order valence-corrected chi connectivity index (χ4v) is 2.00. The van der Waals surface area contributed by atoms with Gasteiger partial charge in [0.2, 0.25) is 0 Å². The highest BCUT2D eigenvalue weighted by Crippen LogP contribution is 2.32. The number of urea groups is 1. The second kappa shape index (κ2) is 6.25. The first kappa shape index (κ1) is 14.8.